The molecule has 0 atom stereocenters. The quantitative estimate of drug-likeness (QED) is 0.678. The fourth-order valence-electron chi connectivity index (χ4n) is 0.980. The van der Waals surface area contributed by atoms with Gasteiger partial charge in [0.1, 0.15) is 0 Å². The molecule has 2 aromatic heterocycles. The van der Waals surface area contributed by atoms with Gasteiger partial charge in [-0.1, -0.05) is 0 Å². The van der Waals surface area contributed by atoms with Crippen LogP contribution in [-0.4, -0.2) is 21.1 Å². The SMILES string of the molecule is Cc1nc(-n2cc(C=O)cn2)cs1. The molecule has 0 spiro atoms. The van der Waals surface area contributed by atoms with Gasteiger partial charge in [-0.25, -0.2) is 9.67 Å². The van der Waals surface area contributed by atoms with E-state index in [4.69, 9.17) is 0 Å². The molecule has 5 heteroatoms. The summed E-state index contributed by atoms with van der Waals surface area (Å²) in [6, 6.07) is 0. The van der Waals surface area contributed by atoms with Gasteiger partial charge in [-0.3, -0.25) is 4.79 Å². The van der Waals surface area contributed by atoms with Crippen LogP contribution in [0.3, 0.4) is 0 Å². The molecule has 0 unspecified atom stereocenters. The van der Waals surface area contributed by atoms with E-state index in [2.05, 4.69) is 10.1 Å². The number of rotatable bonds is 2. The average molecular weight is 193 g/mol. The Bertz CT molecular complexity index is 432. The minimum Gasteiger partial charge on any atom is -0.298 e. The minimum absolute atomic E-state index is 0.561. The topological polar surface area (TPSA) is 47.8 Å². The van der Waals surface area contributed by atoms with Gasteiger partial charge in [0.2, 0.25) is 0 Å². The van der Waals surface area contributed by atoms with E-state index in [0.29, 0.717) is 5.56 Å². The molecule has 13 heavy (non-hydrogen) atoms. The molecule has 4 nitrogen and oxygen atoms in total. The second-order valence-corrected chi connectivity index (χ2v) is 3.62. The monoisotopic (exact) mass is 193 g/mol. The predicted octanol–water partition coefficient (Wildman–Crippen LogP) is 1.45. The fourth-order valence-corrected chi connectivity index (χ4v) is 1.56. The lowest BCUT2D eigenvalue weighted by Gasteiger charge is -1.91. The van der Waals surface area contributed by atoms with Gasteiger partial charge >= 0.3 is 0 Å². The summed E-state index contributed by atoms with van der Waals surface area (Å²) in [5, 5.41) is 6.88. The van der Waals surface area contributed by atoms with Gasteiger partial charge in [-0.15, -0.1) is 11.3 Å². The van der Waals surface area contributed by atoms with Gasteiger partial charge in [0.05, 0.1) is 16.8 Å². The van der Waals surface area contributed by atoms with Crippen molar-refractivity contribution in [2.45, 2.75) is 6.92 Å². The van der Waals surface area contributed by atoms with Crippen molar-refractivity contribution in [3.8, 4) is 5.82 Å². The van der Waals surface area contributed by atoms with E-state index in [1.807, 2.05) is 12.3 Å². The number of aryl methyl sites for hydroxylation is 1. The number of carbonyl (C=O) groups excluding carboxylic acids is 1. The zero-order valence-corrected chi connectivity index (χ0v) is 7.78. The van der Waals surface area contributed by atoms with E-state index in [1.165, 1.54) is 6.20 Å². The third-order valence-electron chi connectivity index (χ3n) is 1.58. The lowest BCUT2D eigenvalue weighted by molar-refractivity contribution is 0.112. The molecular formula is C8H7N3OS. The average Bonchev–Trinajstić information content (AvgIpc) is 2.71. The zero-order chi connectivity index (χ0) is 9.26. The summed E-state index contributed by atoms with van der Waals surface area (Å²) in [6.45, 7) is 1.93. The van der Waals surface area contributed by atoms with Crippen LogP contribution in [0.25, 0.3) is 5.82 Å². The van der Waals surface area contributed by atoms with Crippen molar-refractivity contribution in [1.82, 2.24) is 14.8 Å². The first kappa shape index (κ1) is 8.12. The third-order valence-corrected chi connectivity index (χ3v) is 2.34. The molecule has 0 aliphatic rings. The Morgan fingerprint density at radius 1 is 1.62 bits per heavy atom. The number of aromatic nitrogens is 3. The first-order valence-electron chi connectivity index (χ1n) is 3.72. The van der Waals surface area contributed by atoms with Crippen molar-refractivity contribution >= 4 is 17.6 Å². The van der Waals surface area contributed by atoms with Crippen molar-refractivity contribution in [3.63, 3.8) is 0 Å². The normalized spacial score (nSPS) is 10.2. The number of carbonyl (C=O) groups is 1. The van der Waals surface area contributed by atoms with Crippen LogP contribution in [0, 0.1) is 6.92 Å². The summed E-state index contributed by atoms with van der Waals surface area (Å²) in [4.78, 5) is 14.6. The standard InChI is InChI=1S/C8H7N3OS/c1-6-10-8(5-13-6)11-3-7(4-12)2-9-11/h2-5H,1H3. The largest absolute Gasteiger partial charge is 0.298 e. The summed E-state index contributed by atoms with van der Waals surface area (Å²) in [5.74, 6) is 0.760. The van der Waals surface area contributed by atoms with Crippen molar-refractivity contribution in [2.75, 3.05) is 0 Å². The van der Waals surface area contributed by atoms with Gasteiger partial charge in [-0.2, -0.15) is 5.10 Å². The molecule has 2 rings (SSSR count). The fraction of sp³-hybridized carbons (Fsp3) is 0.125. The second-order valence-electron chi connectivity index (χ2n) is 2.56. The van der Waals surface area contributed by atoms with Crippen LogP contribution in [0.5, 0.6) is 0 Å². The molecule has 0 saturated heterocycles. The Balaban J connectivity index is 2.40. The number of nitrogens with zero attached hydrogens (tertiary/aromatic N) is 3. The maximum atomic E-state index is 10.4. The van der Waals surface area contributed by atoms with Crippen molar-refractivity contribution in [3.05, 3.63) is 28.3 Å². The van der Waals surface area contributed by atoms with Gasteiger partial charge in [0, 0.05) is 11.6 Å². The van der Waals surface area contributed by atoms with Crippen molar-refractivity contribution in [2.24, 2.45) is 0 Å². The van der Waals surface area contributed by atoms with Crippen molar-refractivity contribution < 1.29 is 4.79 Å². The number of hydrogen-bond acceptors (Lipinski definition) is 4. The van der Waals surface area contributed by atoms with Gasteiger partial charge in [0.25, 0.3) is 0 Å². The molecule has 66 valence electrons. The van der Waals surface area contributed by atoms with Crippen molar-refractivity contribution in [1.29, 1.82) is 0 Å². The third kappa shape index (κ3) is 1.50. The summed E-state index contributed by atoms with van der Waals surface area (Å²) >= 11 is 1.56. The highest BCUT2D eigenvalue weighted by Gasteiger charge is 2.02. The molecule has 0 N–H and O–H groups in total. The first-order valence-corrected chi connectivity index (χ1v) is 4.60. The van der Waals surface area contributed by atoms with Gasteiger partial charge in [-0.05, 0) is 6.92 Å². The second kappa shape index (κ2) is 3.10. The summed E-state index contributed by atoms with van der Waals surface area (Å²) in [7, 11) is 0. The molecule has 2 heterocycles. The van der Waals surface area contributed by atoms with Crippen LogP contribution in [0.4, 0.5) is 0 Å². The lowest BCUT2D eigenvalue weighted by atomic mass is 10.4. The molecule has 2 aromatic rings. The summed E-state index contributed by atoms with van der Waals surface area (Å²) in [6.07, 6.45) is 3.94. The van der Waals surface area contributed by atoms with Crippen LogP contribution in [-0.2, 0) is 0 Å². The minimum atomic E-state index is 0.561. The summed E-state index contributed by atoms with van der Waals surface area (Å²) in [5.41, 5.74) is 0.561. The summed E-state index contributed by atoms with van der Waals surface area (Å²) < 4.78 is 1.59. The molecule has 0 radical (unpaired) electrons. The maximum Gasteiger partial charge on any atom is 0.164 e. The highest BCUT2D eigenvalue weighted by atomic mass is 32.1. The van der Waals surface area contributed by atoms with Gasteiger partial charge < -0.3 is 0 Å². The van der Waals surface area contributed by atoms with E-state index in [-0.39, 0.29) is 0 Å². The number of thiazole rings is 1. The van der Waals surface area contributed by atoms with Crippen LogP contribution < -0.4 is 0 Å². The Kier molecular flexibility index (Phi) is 1.94. The first-order chi connectivity index (χ1) is 6.29. The lowest BCUT2D eigenvalue weighted by Crippen LogP contribution is -1.93. The van der Waals surface area contributed by atoms with E-state index < -0.39 is 0 Å². The molecule has 0 aliphatic carbocycles. The maximum absolute atomic E-state index is 10.4. The molecule has 0 fully saturated rings. The van der Waals surface area contributed by atoms with E-state index in [1.54, 1.807) is 22.2 Å². The van der Waals surface area contributed by atoms with Gasteiger partial charge in [0.15, 0.2) is 12.1 Å². The van der Waals surface area contributed by atoms with E-state index >= 15 is 0 Å². The highest BCUT2D eigenvalue weighted by Crippen LogP contribution is 2.11. The Labute approximate surface area is 78.8 Å². The Morgan fingerprint density at radius 2 is 2.46 bits per heavy atom. The molecule has 0 aliphatic heterocycles. The van der Waals surface area contributed by atoms with Crippen LogP contribution in [0.2, 0.25) is 0 Å². The van der Waals surface area contributed by atoms with E-state index in [0.717, 1.165) is 17.1 Å². The number of hydrogen-bond donors (Lipinski definition) is 0. The molecular weight excluding hydrogens is 186 g/mol. The predicted molar refractivity (Wildman–Crippen MR) is 49.4 cm³/mol. The highest BCUT2D eigenvalue weighted by molar-refractivity contribution is 7.09. The smallest absolute Gasteiger partial charge is 0.164 e. The molecule has 0 aromatic carbocycles. The molecule has 0 amide bonds. The van der Waals surface area contributed by atoms with Crippen LogP contribution in [0.15, 0.2) is 17.8 Å². The van der Waals surface area contributed by atoms with Crippen LogP contribution in [0.1, 0.15) is 15.4 Å². The number of aldehydes is 1. The van der Waals surface area contributed by atoms with E-state index in [9.17, 15) is 4.79 Å². The zero-order valence-electron chi connectivity index (χ0n) is 6.97. The van der Waals surface area contributed by atoms with Crippen LogP contribution >= 0.6 is 11.3 Å². The Hall–Kier alpha value is -1.49. The Morgan fingerprint density at radius 3 is 3.00 bits per heavy atom. The molecule has 0 bridgehead atoms. The molecule has 0 saturated carbocycles.